The van der Waals surface area contributed by atoms with E-state index < -0.39 is 0 Å². The van der Waals surface area contributed by atoms with Gasteiger partial charge in [0.25, 0.3) is 0 Å². The van der Waals surface area contributed by atoms with E-state index in [-0.39, 0.29) is 11.8 Å². The Kier molecular flexibility index (Phi) is 6.61. The number of carbonyl (C=O) groups excluding carboxylic acids is 1. The molecule has 0 aromatic heterocycles. The van der Waals surface area contributed by atoms with Gasteiger partial charge in [-0.1, -0.05) is 42.8 Å². The van der Waals surface area contributed by atoms with Crippen LogP contribution in [0.15, 0.2) is 48.5 Å². The van der Waals surface area contributed by atoms with Crippen LogP contribution in [0.3, 0.4) is 0 Å². The molecule has 5 heteroatoms. The highest BCUT2D eigenvalue weighted by molar-refractivity contribution is 5.73. The Morgan fingerprint density at radius 3 is 2.27 bits per heavy atom. The molecule has 0 aliphatic carbocycles. The molecule has 0 bridgehead atoms. The number of hydrogen-bond acceptors (Lipinski definition) is 2. The Hall–Kier alpha value is -2.40. The second-order valence-corrected chi connectivity index (χ2v) is 6.77. The average molecular weight is 355 g/mol. The first-order chi connectivity index (χ1) is 12.7. The van der Waals surface area contributed by atoms with E-state index in [2.05, 4.69) is 33.7 Å². The van der Waals surface area contributed by atoms with Gasteiger partial charge < -0.3 is 10.6 Å². The summed E-state index contributed by atoms with van der Waals surface area (Å²) in [5, 5.41) is 5.72. The van der Waals surface area contributed by atoms with Gasteiger partial charge in [-0.3, -0.25) is 4.90 Å². The molecule has 26 heavy (non-hydrogen) atoms. The molecule has 1 heterocycles. The van der Waals surface area contributed by atoms with Crippen LogP contribution in [0.5, 0.6) is 0 Å². The third kappa shape index (κ3) is 5.56. The van der Waals surface area contributed by atoms with E-state index >= 15 is 0 Å². The van der Waals surface area contributed by atoms with Crippen molar-refractivity contribution in [3.63, 3.8) is 0 Å². The van der Waals surface area contributed by atoms with Gasteiger partial charge in [0.1, 0.15) is 5.82 Å². The van der Waals surface area contributed by atoms with Crippen molar-refractivity contribution < 1.29 is 9.18 Å². The van der Waals surface area contributed by atoms with Crippen LogP contribution in [0.1, 0.15) is 36.0 Å². The van der Waals surface area contributed by atoms with E-state index in [1.807, 2.05) is 6.07 Å². The van der Waals surface area contributed by atoms with E-state index in [0.29, 0.717) is 13.1 Å². The van der Waals surface area contributed by atoms with Crippen LogP contribution < -0.4 is 10.6 Å². The molecule has 2 N–H and O–H groups in total. The molecule has 0 saturated carbocycles. The van der Waals surface area contributed by atoms with Crippen LogP contribution >= 0.6 is 0 Å². The number of piperidine rings is 1. The molecular weight excluding hydrogens is 329 g/mol. The van der Waals surface area contributed by atoms with Gasteiger partial charge in [-0.05, 0) is 54.8 Å². The number of urea groups is 1. The number of hydrogen-bond donors (Lipinski definition) is 2. The van der Waals surface area contributed by atoms with Crippen LogP contribution in [-0.4, -0.2) is 24.0 Å². The number of carbonyl (C=O) groups is 1. The summed E-state index contributed by atoms with van der Waals surface area (Å²) in [5.41, 5.74) is 3.29. The topological polar surface area (TPSA) is 44.4 Å². The van der Waals surface area contributed by atoms with Gasteiger partial charge in [0.15, 0.2) is 0 Å². The third-order valence-electron chi connectivity index (χ3n) is 4.77. The first-order valence-corrected chi connectivity index (χ1v) is 9.26. The lowest BCUT2D eigenvalue weighted by atomic mass is 10.0. The van der Waals surface area contributed by atoms with Crippen molar-refractivity contribution in [3.05, 3.63) is 71.0 Å². The number of amides is 2. The normalized spacial score (nSPS) is 14.8. The lowest BCUT2D eigenvalue weighted by Gasteiger charge is -2.27. The Balaban J connectivity index is 1.49. The molecular formula is C21H26FN3O. The van der Waals surface area contributed by atoms with E-state index in [4.69, 9.17) is 0 Å². The van der Waals surface area contributed by atoms with Gasteiger partial charge in [-0.25, -0.2) is 9.18 Å². The number of rotatable bonds is 6. The lowest BCUT2D eigenvalue weighted by Crippen LogP contribution is -2.35. The van der Waals surface area contributed by atoms with Crippen LogP contribution in [0.2, 0.25) is 0 Å². The van der Waals surface area contributed by atoms with E-state index in [1.54, 1.807) is 12.1 Å². The summed E-state index contributed by atoms with van der Waals surface area (Å²) in [6, 6.07) is 14.2. The highest BCUT2D eigenvalue weighted by Gasteiger charge is 2.12. The highest BCUT2D eigenvalue weighted by Crippen LogP contribution is 2.16. The first kappa shape index (κ1) is 18.4. The monoisotopic (exact) mass is 355 g/mol. The molecule has 2 amide bonds. The largest absolute Gasteiger partial charge is 0.334 e. The molecule has 1 aliphatic rings. The molecule has 4 nitrogen and oxygen atoms in total. The molecule has 0 unspecified atom stereocenters. The predicted octanol–water partition coefficient (Wildman–Crippen LogP) is 3.81. The zero-order valence-electron chi connectivity index (χ0n) is 15.0. The molecule has 2 aromatic carbocycles. The van der Waals surface area contributed by atoms with Crippen molar-refractivity contribution in [3.8, 4) is 0 Å². The van der Waals surface area contributed by atoms with Gasteiger partial charge in [-0.2, -0.15) is 0 Å². The minimum atomic E-state index is -0.275. The maximum Gasteiger partial charge on any atom is 0.315 e. The summed E-state index contributed by atoms with van der Waals surface area (Å²) in [6.45, 7) is 4.12. The minimum absolute atomic E-state index is 0.220. The van der Waals surface area contributed by atoms with Gasteiger partial charge in [0.2, 0.25) is 0 Å². The van der Waals surface area contributed by atoms with Crippen LogP contribution in [0, 0.1) is 5.82 Å². The molecule has 1 fully saturated rings. The summed E-state index contributed by atoms with van der Waals surface area (Å²) in [7, 11) is 0. The molecule has 0 radical (unpaired) electrons. The van der Waals surface area contributed by atoms with Crippen LogP contribution in [0.4, 0.5) is 9.18 Å². The maximum atomic E-state index is 12.9. The molecule has 0 spiro atoms. The van der Waals surface area contributed by atoms with Crippen molar-refractivity contribution in [2.24, 2.45) is 0 Å². The lowest BCUT2D eigenvalue weighted by molar-refractivity contribution is 0.220. The molecule has 0 atom stereocenters. The zero-order chi connectivity index (χ0) is 18.2. The molecule has 2 aromatic rings. The third-order valence-corrected chi connectivity index (χ3v) is 4.77. The predicted molar refractivity (Wildman–Crippen MR) is 101 cm³/mol. The highest BCUT2D eigenvalue weighted by atomic mass is 19.1. The Bertz CT molecular complexity index is 711. The van der Waals surface area contributed by atoms with Gasteiger partial charge in [0, 0.05) is 19.6 Å². The van der Waals surface area contributed by atoms with Crippen molar-refractivity contribution in [2.75, 3.05) is 13.1 Å². The zero-order valence-corrected chi connectivity index (χ0v) is 15.0. The van der Waals surface area contributed by atoms with Crippen molar-refractivity contribution in [2.45, 2.75) is 38.9 Å². The summed E-state index contributed by atoms with van der Waals surface area (Å²) >= 11 is 0. The van der Waals surface area contributed by atoms with Crippen LogP contribution in [-0.2, 0) is 19.6 Å². The fourth-order valence-corrected chi connectivity index (χ4v) is 3.27. The smallest absolute Gasteiger partial charge is 0.315 e. The fraction of sp³-hybridized carbons (Fsp3) is 0.381. The van der Waals surface area contributed by atoms with Crippen LogP contribution in [0.25, 0.3) is 0 Å². The Labute approximate surface area is 154 Å². The van der Waals surface area contributed by atoms with E-state index in [0.717, 1.165) is 30.8 Å². The SMILES string of the molecule is O=C(NCc1ccc(F)cc1)NCc1ccccc1CN1CCCCC1. The van der Waals surface area contributed by atoms with Crippen molar-refractivity contribution in [1.82, 2.24) is 15.5 Å². The minimum Gasteiger partial charge on any atom is -0.334 e. The first-order valence-electron chi connectivity index (χ1n) is 9.26. The van der Waals surface area contributed by atoms with Gasteiger partial charge in [0.05, 0.1) is 0 Å². The summed E-state index contributed by atoms with van der Waals surface area (Å²) in [4.78, 5) is 14.5. The fourth-order valence-electron chi connectivity index (χ4n) is 3.27. The van der Waals surface area contributed by atoms with Crippen molar-refractivity contribution in [1.29, 1.82) is 0 Å². The summed E-state index contributed by atoms with van der Waals surface area (Å²) in [6.07, 6.45) is 3.87. The quantitative estimate of drug-likeness (QED) is 0.828. The summed E-state index contributed by atoms with van der Waals surface area (Å²) in [5.74, 6) is -0.275. The average Bonchev–Trinajstić information content (AvgIpc) is 2.68. The molecule has 1 saturated heterocycles. The molecule has 3 rings (SSSR count). The van der Waals surface area contributed by atoms with Crippen molar-refractivity contribution >= 4 is 6.03 Å². The standard InChI is InChI=1S/C21H26FN3O/c22-20-10-8-17(9-11-20)14-23-21(26)24-15-18-6-2-3-7-19(18)16-25-12-4-1-5-13-25/h2-3,6-11H,1,4-5,12-16H2,(H2,23,24,26). The number of likely N-dealkylation sites (tertiary alicyclic amines) is 1. The second kappa shape index (κ2) is 9.34. The maximum absolute atomic E-state index is 12.9. The van der Waals surface area contributed by atoms with E-state index in [1.165, 1.54) is 37.0 Å². The molecule has 138 valence electrons. The molecule has 1 aliphatic heterocycles. The Morgan fingerprint density at radius 1 is 0.885 bits per heavy atom. The number of nitrogens with zero attached hydrogens (tertiary/aromatic N) is 1. The van der Waals surface area contributed by atoms with Gasteiger partial charge >= 0.3 is 6.03 Å². The summed E-state index contributed by atoms with van der Waals surface area (Å²) < 4.78 is 12.9. The second-order valence-electron chi connectivity index (χ2n) is 6.77. The van der Waals surface area contributed by atoms with Gasteiger partial charge in [-0.15, -0.1) is 0 Å². The number of nitrogens with one attached hydrogen (secondary N) is 2. The number of benzene rings is 2. The Morgan fingerprint density at radius 2 is 1.54 bits per heavy atom. The number of halogens is 1. The van der Waals surface area contributed by atoms with E-state index in [9.17, 15) is 9.18 Å².